The Morgan fingerprint density at radius 1 is 1.47 bits per heavy atom. The second kappa shape index (κ2) is 5.84. The highest BCUT2D eigenvalue weighted by atomic mass is 79.9. The van der Waals surface area contributed by atoms with Crippen molar-refractivity contribution in [2.24, 2.45) is 11.1 Å². The third-order valence-corrected chi connectivity index (χ3v) is 3.70. The van der Waals surface area contributed by atoms with Gasteiger partial charge in [0.2, 0.25) is 10.0 Å². The minimum atomic E-state index is -3.43. The number of nitrogens with two attached hydrogens (primary N) is 1. The van der Waals surface area contributed by atoms with Gasteiger partial charge in [0.05, 0.1) is 12.4 Å². The molecule has 96 valence electrons. The van der Waals surface area contributed by atoms with Crippen molar-refractivity contribution in [2.45, 2.75) is 13.8 Å². The lowest BCUT2D eigenvalue weighted by Crippen LogP contribution is -2.25. The number of hydrogen-bond donors (Lipinski definition) is 1. The lowest BCUT2D eigenvalue weighted by Gasteiger charge is -2.13. The van der Waals surface area contributed by atoms with E-state index in [4.69, 9.17) is 9.88 Å². The van der Waals surface area contributed by atoms with E-state index >= 15 is 0 Å². The summed E-state index contributed by atoms with van der Waals surface area (Å²) in [5, 5.41) is 4.97. The van der Waals surface area contributed by atoms with E-state index in [9.17, 15) is 8.42 Å². The van der Waals surface area contributed by atoms with E-state index in [2.05, 4.69) is 15.9 Å². The van der Waals surface area contributed by atoms with Crippen molar-refractivity contribution >= 4 is 26.0 Å². The van der Waals surface area contributed by atoms with Crippen molar-refractivity contribution in [3.8, 4) is 5.75 Å². The molecule has 0 aliphatic rings. The maximum atomic E-state index is 10.9. The van der Waals surface area contributed by atoms with Gasteiger partial charge in [-0.05, 0) is 30.7 Å². The number of hydrogen-bond acceptors (Lipinski definition) is 3. The van der Waals surface area contributed by atoms with Gasteiger partial charge in [-0.2, -0.15) is 0 Å². The van der Waals surface area contributed by atoms with E-state index in [1.54, 1.807) is 6.92 Å². The Balaban J connectivity index is 2.56. The molecule has 0 fully saturated rings. The van der Waals surface area contributed by atoms with Crippen LogP contribution in [0.3, 0.4) is 0 Å². The molecular weight excluding hydrogens is 306 g/mol. The van der Waals surface area contributed by atoms with Gasteiger partial charge in [-0.25, -0.2) is 13.6 Å². The first-order valence-electron chi connectivity index (χ1n) is 5.17. The summed E-state index contributed by atoms with van der Waals surface area (Å²) in [6, 6.07) is 5.68. The van der Waals surface area contributed by atoms with Crippen LogP contribution in [0.2, 0.25) is 0 Å². The lowest BCUT2D eigenvalue weighted by atomic mass is 10.2. The molecule has 2 N–H and O–H groups in total. The van der Waals surface area contributed by atoms with Crippen LogP contribution in [0.4, 0.5) is 0 Å². The lowest BCUT2D eigenvalue weighted by molar-refractivity contribution is 0.270. The molecule has 17 heavy (non-hydrogen) atoms. The maximum absolute atomic E-state index is 10.9. The maximum Gasteiger partial charge on any atom is 0.209 e. The van der Waals surface area contributed by atoms with Crippen LogP contribution < -0.4 is 9.88 Å². The quantitative estimate of drug-likeness (QED) is 0.902. The van der Waals surface area contributed by atoms with E-state index in [1.165, 1.54) is 0 Å². The van der Waals surface area contributed by atoms with Crippen LogP contribution in [-0.2, 0) is 10.0 Å². The molecule has 6 heteroatoms. The Labute approximate surface area is 110 Å². The molecule has 0 saturated carbocycles. The van der Waals surface area contributed by atoms with Crippen molar-refractivity contribution in [2.75, 3.05) is 12.4 Å². The number of ether oxygens (including phenoxy) is 1. The summed E-state index contributed by atoms with van der Waals surface area (Å²) < 4.78 is 28.3. The van der Waals surface area contributed by atoms with Crippen molar-refractivity contribution in [1.29, 1.82) is 0 Å². The topological polar surface area (TPSA) is 69.4 Å². The smallest absolute Gasteiger partial charge is 0.209 e. The van der Waals surface area contributed by atoms with E-state index < -0.39 is 10.0 Å². The monoisotopic (exact) mass is 321 g/mol. The summed E-state index contributed by atoms with van der Waals surface area (Å²) in [5.74, 6) is 0.560. The van der Waals surface area contributed by atoms with Gasteiger partial charge in [-0.3, -0.25) is 0 Å². The Morgan fingerprint density at radius 2 is 2.12 bits per heavy atom. The number of rotatable bonds is 5. The summed E-state index contributed by atoms with van der Waals surface area (Å²) in [7, 11) is -3.43. The highest BCUT2D eigenvalue weighted by Gasteiger charge is 2.12. The van der Waals surface area contributed by atoms with Gasteiger partial charge in [0, 0.05) is 10.4 Å². The Bertz CT molecular complexity index is 487. The number of aryl methyl sites for hydroxylation is 1. The predicted molar refractivity (Wildman–Crippen MR) is 71.5 cm³/mol. The molecular formula is C11H16BrNO3S. The third-order valence-electron chi connectivity index (χ3n) is 2.18. The summed E-state index contributed by atoms with van der Waals surface area (Å²) in [6.45, 7) is 4.06. The standard InChI is InChI=1S/C11H16BrNO3S/c1-8(7-17(13,14)15)6-16-11-4-3-10(12)5-9(11)2/h3-5,8H,6-7H2,1-2H3,(H2,13,14,15). The zero-order chi connectivity index (χ0) is 13.1. The second-order valence-corrected chi connectivity index (χ2v) is 6.73. The molecule has 0 saturated heterocycles. The molecule has 0 amide bonds. The molecule has 0 bridgehead atoms. The highest BCUT2D eigenvalue weighted by molar-refractivity contribution is 9.10. The van der Waals surface area contributed by atoms with Gasteiger partial charge in [0.1, 0.15) is 5.75 Å². The van der Waals surface area contributed by atoms with E-state index in [-0.39, 0.29) is 11.7 Å². The fourth-order valence-electron chi connectivity index (χ4n) is 1.45. The second-order valence-electron chi connectivity index (χ2n) is 4.16. The molecule has 1 aromatic carbocycles. The van der Waals surface area contributed by atoms with Crippen LogP contribution in [0.15, 0.2) is 22.7 Å². The third kappa shape index (κ3) is 5.52. The Kier molecular flexibility index (Phi) is 4.97. The van der Waals surface area contributed by atoms with Gasteiger partial charge in [0.25, 0.3) is 0 Å². The number of halogens is 1. The average Bonchev–Trinajstić information content (AvgIpc) is 2.13. The molecule has 1 atom stereocenters. The van der Waals surface area contributed by atoms with Crippen molar-refractivity contribution in [3.05, 3.63) is 28.2 Å². The van der Waals surface area contributed by atoms with Gasteiger partial charge >= 0.3 is 0 Å². The van der Waals surface area contributed by atoms with Crippen LogP contribution in [0.5, 0.6) is 5.75 Å². The van der Waals surface area contributed by atoms with E-state index in [0.717, 1.165) is 15.8 Å². The molecule has 0 spiro atoms. The first-order chi connectivity index (χ1) is 7.78. The van der Waals surface area contributed by atoms with Crippen LogP contribution in [-0.4, -0.2) is 20.8 Å². The Morgan fingerprint density at radius 3 is 2.65 bits per heavy atom. The largest absolute Gasteiger partial charge is 0.493 e. The summed E-state index contributed by atoms with van der Waals surface area (Å²) in [5.41, 5.74) is 1.00. The van der Waals surface area contributed by atoms with E-state index in [1.807, 2.05) is 25.1 Å². The van der Waals surface area contributed by atoms with Gasteiger partial charge in [-0.15, -0.1) is 0 Å². The summed E-state index contributed by atoms with van der Waals surface area (Å²) in [6.07, 6.45) is 0. The zero-order valence-electron chi connectivity index (χ0n) is 9.81. The van der Waals surface area contributed by atoms with Crippen molar-refractivity contribution in [1.82, 2.24) is 0 Å². The van der Waals surface area contributed by atoms with Gasteiger partial charge < -0.3 is 4.74 Å². The molecule has 0 radical (unpaired) electrons. The number of benzene rings is 1. The minimum Gasteiger partial charge on any atom is -0.493 e. The highest BCUT2D eigenvalue weighted by Crippen LogP contribution is 2.22. The summed E-state index contributed by atoms with van der Waals surface area (Å²) in [4.78, 5) is 0. The molecule has 1 aromatic rings. The zero-order valence-corrected chi connectivity index (χ0v) is 12.2. The first kappa shape index (κ1) is 14.5. The Hall–Kier alpha value is -0.590. The first-order valence-corrected chi connectivity index (χ1v) is 7.68. The van der Waals surface area contributed by atoms with Crippen LogP contribution in [0.1, 0.15) is 12.5 Å². The van der Waals surface area contributed by atoms with Gasteiger partial charge in [-0.1, -0.05) is 22.9 Å². The van der Waals surface area contributed by atoms with E-state index in [0.29, 0.717) is 6.61 Å². The number of primary sulfonamides is 1. The minimum absolute atomic E-state index is 0.0669. The van der Waals surface area contributed by atoms with Crippen LogP contribution in [0, 0.1) is 12.8 Å². The number of sulfonamides is 1. The molecule has 1 unspecified atom stereocenters. The molecule has 4 nitrogen and oxygen atoms in total. The van der Waals surface area contributed by atoms with Crippen molar-refractivity contribution < 1.29 is 13.2 Å². The molecule has 0 heterocycles. The normalized spacial score (nSPS) is 13.4. The molecule has 0 aliphatic heterocycles. The van der Waals surface area contributed by atoms with Crippen LogP contribution in [0.25, 0.3) is 0 Å². The fourth-order valence-corrected chi connectivity index (χ4v) is 2.82. The molecule has 0 aliphatic carbocycles. The van der Waals surface area contributed by atoms with Gasteiger partial charge in [0.15, 0.2) is 0 Å². The van der Waals surface area contributed by atoms with Crippen molar-refractivity contribution in [3.63, 3.8) is 0 Å². The summed E-state index contributed by atoms with van der Waals surface area (Å²) >= 11 is 3.36. The fraction of sp³-hybridized carbons (Fsp3) is 0.455. The SMILES string of the molecule is Cc1cc(Br)ccc1OCC(C)CS(N)(=O)=O. The van der Waals surface area contributed by atoms with Crippen LogP contribution >= 0.6 is 15.9 Å². The predicted octanol–water partition coefficient (Wildman–Crippen LogP) is 2.06. The average molecular weight is 322 g/mol. The molecule has 1 rings (SSSR count). The molecule has 0 aromatic heterocycles.